The molecule has 0 saturated carbocycles. The summed E-state index contributed by atoms with van der Waals surface area (Å²) in [5.74, 6) is 1.12. The lowest BCUT2D eigenvalue weighted by Gasteiger charge is -1.81. The van der Waals surface area contributed by atoms with Gasteiger partial charge in [-0.15, -0.1) is 0 Å². The van der Waals surface area contributed by atoms with Gasteiger partial charge in [0.25, 0.3) is 0 Å². The Bertz CT molecular complexity index is 151. The molecular weight excluding hydrogens is 120 g/mol. The SMILES string of the molecule is C1=[N+]2CCN=C2SC1. The normalized spacial score (nSPS) is 25.0. The van der Waals surface area contributed by atoms with Crippen LogP contribution in [0.15, 0.2) is 4.99 Å². The minimum absolute atomic E-state index is 0.999. The minimum atomic E-state index is 0.999. The van der Waals surface area contributed by atoms with Gasteiger partial charge in [0.15, 0.2) is 6.54 Å². The average molecular weight is 127 g/mol. The van der Waals surface area contributed by atoms with Crippen LogP contribution < -0.4 is 0 Å². The number of hydrogen-bond donors (Lipinski definition) is 0. The lowest BCUT2D eigenvalue weighted by atomic mass is 10.6. The van der Waals surface area contributed by atoms with Crippen LogP contribution in [0, 0.1) is 0 Å². The zero-order valence-electron chi connectivity index (χ0n) is 4.50. The molecule has 2 aliphatic heterocycles. The van der Waals surface area contributed by atoms with E-state index in [1.807, 2.05) is 11.8 Å². The molecule has 42 valence electrons. The molecule has 8 heavy (non-hydrogen) atoms. The number of fused-ring (bicyclic) bond motifs is 1. The van der Waals surface area contributed by atoms with Crippen molar-refractivity contribution in [3.63, 3.8) is 0 Å². The second-order valence-electron chi connectivity index (χ2n) is 1.85. The molecular formula is C5H7N2S+. The van der Waals surface area contributed by atoms with E-state index in [2.05, 4.69) is 15.8 Å². The third-order valence-electron chi connectivity index (χ3n) is 1.34. The van der Waals surface area contributed by atoms with Gasteiger partial charge in [0, 0.05) is 0 Å². The quantitative estimate of drug-likeness (QED) is 0.424. The van der Waals surface area contributed by atoms with E-state index in [9.17, 15) is 0 Å². The van der Waals surface area contributed by atoms with E-state index in [-0.39, 0.29) is 0 Å². The lowest BCUT2D eigenvalue weighted by molar-refractivity contribution is -0.381. The zero-order chi connectivity index (χ0) is 5.40. The van der Waals surface area contributed by atoms with E-state index in [0.29, 0.717) is 0 Å². The summed E-state index contributed by atoms with van der Waals surface area (Å²) in [6.45, 7) is 2.11. The molecule has 0 aromatic heterocycles. The van der Waals surface area contributed by atoms with Crippen molar-refractivity contribution in [1.82, 2.24) is 0 Å². The van der Waals surface area contributed by atoms with Crippen LogP contribution in [0.2, 0.25) is 0 Å². The van der Waals surface area contributed by atoms with E-state index in [0.717, 1.165) is 18.8 Å². The van der Waals surface area contributed by atoms with E-state index >= 15 is 0 Å². The molecule has 0 atom stereocenters. The van der Waals surface area contributed by atoms with Crippen molar-refractivity contribution in [3.8, 4) is 0 Å². The predicted molar refractivity (Wildman–Crippen MR) is 36.0 cm³/mol. The summed E-state index contributed by atoms with van der Waals surface area (Å²) in [6.07, 6.45) is 2.20. The maximum atomic E-state index is 4.27. The standard InChI is InChI=1S/C5H7N2S/c1-2-7-3-4-8-5(7)6-1/h3H,1-2,4H2/q+1. The summed E-state index contributed by atoms with van der Waals surface area (Å²) in [5, 5.41) is 1.23. The van der Waals surface area contributed by atoms with E-state index in [1.165, 1.54) is 5.17 Å². The first-order chi connectivity index (χ1) is 3.97. The second-order valence-corrected chi connectivity index (χ2v) is 2.84. The van der Waals surface area contributed by atoms with Crippen molar-refractivity contribution >= 4 is 23.1 Å². The molecule has 0 fully saturated rings. The van der Waals surface area contributed by atoms with Crippen molar-refractivity contribution in [1.29, 1.82) is 0 Å². The van der Waals surface area contributed by atoms with Crippen LogP contribution in [0.5, 0.6) is 0 Å². The highest BCUT2D eigenvalue weighted by Gasteiger charge is 2.25. The fraction of sp³-hybridized carbons (Fsp3) is 0.600. The van der Waals surface area contributed by atoms with Crippen molar-refractivity contribution in [2.24, 2.45) is 4.99 Å². The van der Waals surface area contributed by atoms with Crippen LogP contribution in [0.4, 0.5) is 0 Å². The van der Waals surface area contributed by atoms with Crippen molar-refractivity contribution in [3.05, 3.63) is 0 Å². The highest BCUT2D eigenvalue weighted by molar-refractivity contribution is 8.14. The van der Waals surface area contributed by atoms with Gasteiger partial charge in [-0.25, -0.2) is 4.58 Å². The largest absolute Gasteiger partial charge is 0.354 e. The Morgan fingerprint density at radius 3 is 3.62 bits per heavy atom. The van der Waals surface area contributed by atoms with Gasteiger partial charge in [-0.05, 0) is 11.8 Å². The maximum absolute atomic E-state index is 4.27. The number of amidine groups is 1. The van der Waals surface area contributed by atoms with Crippen LogP contribution in [0.1, 0.15) is 0 Å². The van der Waals surface area contributed by atoms with E-state index < -0.39 is 0 Å². The minimum Gasteiger partial charge on any atom is -0.224 e. The molecule has 3 heteroatoms. The van der Waals surface area contributed by atoms with Gasteiger partial charge in [-0.1, -0.05) is 4.99 Å². The van der Waals surface area contributed by atoms with E-state index in [4.69, 9.17) is 0 Å². The molecule has 0 unspecified atom stereocenters. The Morgan fingerprint density at radius 2 is 2.75 bits per heavy atom. The molecule has 0 saturated heterocycles. The molecule has 2 aliphatic rings. The molecule has 0 amide bonds. The zero-order valence-corrected chi connectivity index (χ0v) is 5.32. The molecule has 0 radical (unpaired) electrons. The molecule has 0 aliphatic carbocycles. The summed E-state index contributed by atoms with van der Waals surface area (Å²) in [5.41, 5.74) is 0. The van der Waals surface area contributed by atoms with Gasteiger partial charge in [-0.2, -0.15) is 0 Å². The van der Waals surface area contributed by atoms with Crippen molar-refractivity contribution in [2.75, 3.05) is 18.8 Å². The maximum Gasteiger partial charge on any atom is 0.354 e. The van der Waals surface area contributed by atoms with Gasteiger partial charge in [0.2, 0.25) is 0 Å². The van der Waals surface area contributed by atoms with Crippen LogP contribution in [-0.2, 0) is 0 Å². The predicted octanol–water partition coefficient (Wildman–Crippen LogP) is 0.186. The highest BCUT2D eigenvalue weighted by Crippen LogP contribution is 2.13. The van der Waals surface area contributed by atoms with Gasteiger partial charge in [-0.3, -0.25) is 0 Å². The lowest BCUT2D eigenvalue weighted by Crippen LogP contribution is -2.08. The van der Waals surface area contributed by atoms with Gasteiger partial charge in [0.1, 0.15) is 6.54 Å². The average Bonchev–Trinajstić information content (AvgIpc) is 2.15. The number of aliphatic imine (C=N–C) groups is 1. The first-order valence-corrected chi connectivity index (χ1v) is 3.72. The van der Waals surface area contributed by atoms with E-state index in [1.54, 1.807) is 0 Å². The van der Waals surface area contributed by atoms with Crippen molar-refractivity contribution < 1.29 is 4.58 Å². The van der Waals surface area contributed by atoms with Gasteiger partial charge < -0.3 is 0 Å². The third-order valence-corrected chi connectivity index (χ3v) is 2.28. The monoisotopic (exact) mass is 127 g/mol. The van der Waals surface area contributed by atoms with Gasteiger partial charge >= 0.3 is 5.17 Å². The van der Waals surface area contributed by atoms with Gasteiger partial charge in [0.05, 0.1) is 12.0 Å². The number of thioether (sulfide) groups is 1. The Labute approximate surface area is 52.3 Å². The molecule has 0 spiro atoms. The van der Waals surface area contributed by atoms with Crippen LogP contribution in [0.25, 0.3) is 0 Å². The Kier molecular flexibility index (Phi) is 0.903. The fourth-order valence-corrected chi connectivity index (χ4v) is 1.86. The fourth-order valence-electron chi connectivity index (χ4n) is 0.940. The summed E-state index contributed by atoms with van der Waals surface area (Å²) < 4.78 is 2.23. The Hall–Kier alpha value is -0.310. The molecule has 2 rings (SSSR count). The van der Waals surface area contributed by atoms with Crippen LogP contribution in [0.3, 0.4) is 0 Å². The summed E-state index contributed by atoms with van der Waals surface area (Å²) in [6, 6.07) is 0. The summed E-state index contributed by atoms with van der Waals surface area (Å²) in [4.78, 5) is 4.27. The molecule has 0 aromatic carbocycles. The topological polar surface area (TPSA) is 15.4 Å². The first kappa shape index (κ1) is 4.56. The summed E-state index contributed by atoms with van der Waals surface area (Å²) in [7, 11) is 0. The highest BCUT2D eigenvalue weighted by atomic mass is 32.2. The van der Waals surface area contributed by atoms with Crippen LogP contribution in [-0.4, -0.2) is 34.8 Å². The molecule has 0 aromatic rings. The number of nitrogens with zero attached hydrogens (tertiary/aromatic N) is 2. The Morgan fingerprint density at radius 1 is 1.75 bits per heavy atom. The molecule has 2 nitrogen and oxygen atoms in total. The van der Waals surface area contributed by atoms with Crippen LogP contribution >= 0.6 is 11.8 Å². The third kappa shape index (κ3) is 0.508. The second kappa shape index (κ2) is 1.58. The number of rotatable bonds is 0. The molecule has 0 bridgehead atoms. The molecule has 2 heterocycles. The molecule has 0 N–H and O–H groups in total. The smallest absolute Gasteiger partial charge is 0.224 e. The Balaban J connectivity index is 2.37. The van der Waals surface area contributed by atoms with Crippen molar-refractivity contribution in [2.45, 2.75) is 0 Å². The number of hydrogen-bond acceptors (Lipinski definition) is 2. The summed E-state index contributed by atoms with van der Waals surface area (Å²) >= 11 is 1.83. The first-order valence-electron chi connectivity index (χ1n) is 2.74.